The van der Waals surface area contributed by atoms with Crippen LogP contribution in [0, 0.1) is 12.7 Å². The number of ether oxygens (including phenoxy) is 1. The summed E-state index contributed by atoms with van der Waals surface area (Å²) in [6, 6.07) is 2.13. The number of aromatic nitrogens is 2. The van der Waals surface area contributed by atoms with Crippen LogP contribution in [0.2, 0.25) is 0 Å². The third-order valence-corrected chi connectivity index (χ3v) is 5.03. The van der Waals surface area contributed by atoms with Crippen molar-refractivity contribution >= 4 is 5.91 Å². The van der Waals surface area contributed by atoms with Crippen LogP contribution in [0.25, 0.3) is 0 Å². The summed E-state index contributed by atoms with van der Waals surface area (Å²) in [7, 11) is 1.29. The smallest absolute Gasteiger partial charge is 0.262 e. The van der Waals surface area contributed by atoms with Crippen LogP contribution in [0.5, 0.6) is 5.75 Å². The molecule has 1 N–H and O–H groups in total. The molecular weight excluding hydrogens is 359 g/mol. The maximum Gasteiger partial charge on any atom is 0.262 e. The van der Waals surface area contributed by atoms with Crippen LogP contribution in [-0.2, 0) is 0 Å². The van der Waals surface area contributed by atoms with Crippen LogP contribution in [0.4, 0.5) is 13.2 Å². The molecule has 3 rings (SSSR count). The SMILES string of the molecule is COc1ccc([C@H](NC(=O)c2cnn(C3CCCC3)c2C)C(F)F)cc1F. The van der Waals surface area contributed by atoms with Crippen LogP contribution in [0.1, 0.15) is 59.4 Å². The van der Waals surface area contributed by atoms with Gasteiger partial charge >= 0.3 is 0 Å². The van der Waals surface area contributed by atoms with Crippen LogP contribution in [-0.4, -0.2) is 29.2 Å². The molecule has 5 nitrogen and oxygen atoms in total. The quantitative estimate of drug-likeness (QED) is 0.816. The topological polar surface area (TPSA) is 56.1 Å². The predicted octanol–water partition coefficient (Wildman–Crippen LogP) is 4.19. The first-order chi connectivity index (χ1) is 12.9. The van der Waals surface area contributed by atoms with Crippen molar-refractivity contribution in [1.82, 2.24) is 15.1 Å². The minimum Gasteiger partial charge on any atom is -0.494 e. The largest absolute Gasteiger partial charge is 0.494 e. The van der Waals surface area contributed by atoms with Crippen molar-refractivity contribution in [2.45, 2.75) is 51.1 Å². The molecule has 1 heterocycles. The molecule has 2 aromatic rings. The molecule has 0 spiro atoms. The molecule has 1 aromatic carbocycles. The maximum absolute atomic E-state index is 13.9. The van der Waals surface area contributed by atoms with E-state index in [2.05, 4.69) is 10.4 Å². The molecule has 0 aliphatic heterocycles. The van der Waals surface area contributed by atoms with Crippen molar-refractivity contribution in [3.05, 3.63) is 47.0 Å². The third-order valence-electron chi connectivity index (χ3n) is 5.03. The molecule has 1 amide bonds. The molecule has 1 aromatic heterocycles. The van der Waals surface area contributed by atoms with Gasteiger partial charge in [-0.25, -0.2) is 13.2 Å². The summed E-state index contributed by atoms with van der Waals surface area (Å²) in [6.45, 7) is 1.75. The Kier molecular flexibility index (Phi) is 5.72. The lowest BCUT2D eigenvalue weighted by atomic mass is 10.1. The van der Waals surface area contributed by atoms with E-state index in [4.69, 9.17) is 4.74 Å². The zero-order valence-corrected chi connectivity index (χ0v) is 15.2. The van der Waals surface area contributed by atoms with Crippen LogP contribution in [0.15, 0.2) is 24.4 Å². The van der Waals surface area contributed by atoms with Crippen molar-refractivity contribution in [1.29, 1.82) is 0 Å². The van der Waals surface area contributed by atoms with Gasteiger partial charge < -0.3 is 10.1 Å². The average Bonchev–Trinajstić information content (AvgIpc) is 3.28. The first-order valence-corrected chi connectivity index (χ1v) is 8.89. The van der Waals surface area contributed by atoms with Crippen molar-refractivity contribution in [3.8, 4) is 5.75 Å². The van der Waals surface area contributed by atoms with Gasteiger partial charge in [0.05, 0.1) is 24.9 Å². The minimum atomic E-state index is -2.90. The van der Waals surface area contributed by atoms with Crippen molar-refractivity contribution in [3.63, 3.8) is 0 Å². The van der Waals surface area contributed by atoms with Gasteiger partial charge in [0.2, 0.25) is 0 Å². The molecule has 1 saturated carbocycles. The van der Waals surface area contributed by atoms with E-state index >= 15 is 0 Å². The average molecular weight is 381 g/mol. The second-order valence-corrected chi connectivity index (χ2v) is 6.71. The van der Waals surface area contributed by atoms with Crippen LogP contribution < -0.4 is 10.1 Å². The summed E-state index contributed by atoms with van der Waals surface area (Å²) in [6.07, 6.45) is 2.72. The second kappa shape index (κ2) is 8.02. The molecule has 0 radical (unpaired) electrons. The fraction of sp³-hybridized carbons (Fsp3) is 0.474. The van der Waals surface area contributed by atoms with E-state index in [9.17, 15) is 18.0 Å². The van der Waals surface area contributed by atoms with Crippen LogP contribution in [0.3, 0.4) is 0 Å². The number of benzene rings is 1. The van der Waals surface area contributed by atoms with E-state index in [0.717, 1.165) is 31.7 Å². The Morgan fingerprint density at radius 2 is 2.04 bits per heavy atom. The van der Waals surface area contributed by atoms with Crippen molar-refractivity contribution < 1.29 is 22.7 Å². The van der Waals surface area contributed by atoms with E-state index in [0.29, 0.717) is 5.69 Å². The highest BCUT2D eigenvalue weighted by Crippen LogP contribution is 2.31. The number of alkyl halides is 2. The van der Waals surface area contributed by atoms with Gasteiger partial charge in [0, 0.05) is 5.69 Å². The summed E-state index contributed by atoms with van der Waals surface area (Å²) in [5.74, 6) is -1.47. The van der Waals surface area contributed by atoms with Gasteiger partial charge in [-0.1, -0.05) is 18.9 Å². The second-order valence-electron chi connectivity index (χ2n) is 6.71. The highest BCUT2D eigenvalue weighted by molar-refractivity contribution is 5.95. The molecule has 1 atom stereocenters. The number of amides is 1. The lowest BCUT2D eigenvalue weighted by Crippen LogP contribution is -2.33. The maximum atomic E-state index is 13.9. The number of rotatable bonds is 6. The molecule has 1 fully saturated rings. The Hall–Kier alpha value is -2.51. The molecule has 1 aliphatic rings. The van der Waals surface area contributed by atoms with E-state index in [1.807, 2.05) is 0 Å². The number of halogens is 3. The zero-order chi connectivity index (χ0) is 19.6. The van der Waals surface area contributed by atoms with E-state index in [-0.39, 0.29) is 22.9 Å². The Morgan fingerprint density at radius 1 is 1.33 bits per heavy atom. The molecular formula is C19H22F3N3O2. The Morgan fingerprint density at radius 3 is 2.63 bits per heavy atom. The number of methoxy groups -OCH3 is 1. The molecule has 146 valence electrons. The Balaban J connectivity index is 1.81. The zero-order valence-electron chi connectivity index (χ0n) is 15.2. The highest BCUT2D eigenvalue weighted by atomic mass is 19.3. The van der Waals surface area contributed by atoms with Gasteiger partial charge in [0.1, 0.15) is 6.04 Å². The first kappa shape index (κ1) is 19.3. The number of carbonyl (C=O) groups excluding carboxylic acids is 1. The monoisotopic (exact) mass is 381 g/mol. The molecule has 0 saturated heterocycles. The number of hydrogen-bond acceptors (Lipinski definition) is 3. The Bertz CT molecular complexity index is 817. The van der Waals surface area contributed by atoms with Crippen LogP contribution >= 0.6 is 0 Å². The normalized spacial score (nSPS) is 15.9. The van der Waals surface area contributed by atoms with E-state index in [1.165, 1.54) is 25.4 Å². The molecule has 0 bridgehead atoms. The van der Waals surface area contributed by atoms with Gasteiger partial charge in [0.15, 0.2) is 11.6 Å². The van der Waals surface area contributed by atoms with Gasteiger partial charge in [-0.2, -0.15) is 5.10 Å². The molecule has 27 heavy (non-hydrogen) atoms. The fourth-order valence-corrected chi connectivity index (χ4v) is 3.55. The molecule has 8 heteroatoms. The number of nitrogens with one attached hydrogen (secondary N) is 1. The third kappa shape index (κ3) is 3.94. The lowest BCUT2D eigenvalue weighted by Gasteiger charge is -2.19. The summed E-state index contributed by atoms with van der Waals surface area (Å²) >= 11 is 0. The van der Waals surface area contributed by atoms with Crippen molar-refractivity contribution in [2.24, 2.45) is 0 Å². The number of carbonyl (C=O) groups is 1. The minimum absolute atomic E-state index is 0.0301. The summed E-state index contributed by atoms with van der Waals surface area (Å²) in [4.78, 5) is 12.6. The van der Waals surface area contributed by atoms with E-state index in [1.54, 1.807) is 11.6 Å². The predicted molar refractivity (Wildman–Crippen MR) is 93.6 cm³/mol. The standard InChI is InChI=1S/C19H22F3N3O2/c1-11-14(10-23-25(11)13-5-3-4-6-13)19(26)24-17(18(21)22)12-7-8-16(27-2)15(20)9-12/h7-10,13,17-18H,3-6H2,1-2H3,(H,24,26)/t17-/m0/s1. The number of hydrogen-bond donors (Lipinski definition) is 1. The highest BCUT2D eigenvalue weighted by Gasteiger charge is 2.28. The first-order valence-electron chi connectivity index (χ1n) is 8.89. The van der Waals surface area contributed by atoms with E-state index < -0.39 is 24.2 Å². The fourth-order valence-electron chi connectivity index (χ4n) is 3.55. The van der Waals surface area contributed by atoms with Gasteiger partial charge in [-0.05, 0) is 37.5 Å². The van der Waals surface area contributed by atoms with Gasteiger partial charge in [0.25, 0.3) is 12.3 Å². The van der Waals surface area contributed by atoms with Crippen molar-refractivity contribution in [2.75, 3.05) is 7.11 Å². The summed E-state index contributed by atoms with van der Waals surface area (Å²) in [5.41, 5.74) is 0.868. The summed E-state index contributed by atoms with van der Waals surface area (Å²) in [5, 5.41) is 6.58. The molecule has 0 unspecified atom stereocenters. The molecule has 1 aliphatic carbocycles. The number of nitrogens with zero attached hydrogens (tertiary/aromatic N) is 2. The Labute approximate surface area is 155 Å². The summed E-state index contributed by atoms with van der Waals surface area (Å²) < 4.78 is 47.5. The van der Waals surface area contributed by atoms with Gasteiger partial charge in [-0.15, -0.1) is 0 Å². The van der Waals surface area contributed by atoms with Gasteiger partial charge in [-0.3, -0.25) is 9.48 Å². The lowest BCUT2D eigenvalue weighted by molar-refractivity contribution is 0.0742.